The predicted molar refractivity (Wildman–Crippen MR) is 95.7 cm³/mol. The standard InChI is InChI=1S/C19H24N4O/c1-22-17-7-5-6-16(17)18(21-22)19(24)20-14-8-10-15(11-9-14)23-12-3-2-4-13-23/h8-11H,2-7,12-13H2,1H3,(H,20,24). The molecule has 5 heteroatoms. The third-order valence-electron chi connectivity index (χ3n) is 5.18. The molecule has 0 saturated carbocycles. The summed E-state index contributed by atoms with van der Waals surface area (Å²) in [5, 5.41) is 7.41. The van der Waals surface area contributed by atoms with Gasteiger partial charge < -0.3 is 10.2 Å². The summed E-state index contributed by atoms with van der Waals surface area (Å²) in [6.45, 7) is 2.26. The quantitative estimate of drug-likeness (QED) is 0.943. The van der Waals surface area contributed by atoms with Gasteiger partial charge in [-0.1, -0.05) is 0 Å². The first-order valence-electron chi connectivity index (χ1n) is 8.93. The molecule has 1 N–H and O–H groups in total. The maximum absolute atomic E-state index is 12.6. The highest BCUT2D eigenvalue weighted by Gasteiger charge is 2.25. The highest BCUT2D eigenvalue weighted by atomic mass is 16.2. The number of hydrogen-bond donors (Lipinski definition) is 1. The number of nitrogens with zero attached hydrogens (tertiary/aromatic N) is 3. The predicted octanol–water partition coefficient (Wildman–Crippen LogP) is 3.15. The zero-order chi connectivity index (χ0) is 16.5. The number of aryl methyl sites for hydroxylation is 1. The van der Waals surface area contributed by atoms with E-state index < -0.39 is 0 Å². The van der Waals surface area contributed by atoms with Gasteiger partial charge in [-0.3, -0.25) is 9.48 Å². The number of benzene rings is 1. The Labute approximate surface area is 142 Å². The van der Waals surface area contributed by atoms with E-state index in [-0.39, 0.29) is 5.91 Å². The van der Waals surface area contributed by atoms with E-state index in [9.17, 15) is 4.79 Å². The van der Waals surface area contributed by atoms with Crippen molar-refractivity contribution < 1.29 is 4.79 Å². The third kappa shape index (κ3) is 2.79. The summed E-state index contributed by atoms with van der Waals surface area (Å²) in [6, 6.07) is 8.18. The van der Waals surface area contributed by atoms with Crippen LogP contribution >= 0.6 is 0 Å². The molecule has 1 amide bonds. The van der Waals surface area contributed by atoms with Crippen molar-refractivity contribution in [2.75, 3.05) is 23.3 Å². The van der Waals surface area contributed by atoms with E-state index in [0.717, 1.165) is 43.6 Å². The summed E-state index contributed by atoms with van der Waals surface area (Å²) in [5.74, 6) is -0.0977. The van der Waals surface area contributed by atoms with Crippen molar-refractivity contribution in [1.82, 2.24) is 9.78 Å². The van der Waals surface area contributed by atoms with E-state index in [1.807, 2.05) is 23.9 Å². The zero-order valence-electron chi connectivity index (χ0n) is 14.2. The molecule has 1 fully saturated rings. The van der Waals surface area contributed by atoms with E-state index in [1.54, 1.807) is 0 Å². The van der Waals surface area contributed by atoms with Gasteiger partial charge in [0, 0.05) is 42.8 Å². The van der Waals surface area contributed by atoms with Gasteiger partial charge in [-0.25, -0.2) is 0 Å². The summed E-state index contributed by atoms with van der Waals surface area (Å²) >= 11 is 0. The van der Waals surface area contributed by atoms with Crippen LogP contribution < -0.4 is 10.2 Å². The summed E-state index contributed by atoms with van der Waals surface area (Å²) in [6.07, 6.45) is 6.97. The van der Waals surface area contributed by atoms with Crippen LogP contribution in [-0.2, 0) is 19.9 Å². The van der Waals surface area contributed by atoms with Crippen molar-refractivity contribution in [3.63, 3.8) is 0 Å². The average molecular weight is 324 g/mol. The summed E-state index contributed by atoms with van der Waals surface area (Å²) < 4.78 is 1.86. The molecular formula is C19H24N4O. The fraction of sp³-hybridized carbons (Fsp3) is 0.474. The minimum atomic E-state index is -0.0977. The number of nitrogens with one attached hydrogen (secondary N) is 1. The first-order chi connectivity index (χ1) is 11.7. The summed E-state index contributed by atoms with van der Waals surface area (Å²) in [4.78, 5) is 15.0. The minimum Gasteiger partial charge on any atom is -0.372 e. The Morgan fingerprint density at radius 3 is 2.54 bits per heavy atom. The molecule has 0 radical (unpaired) electrons. The second kappa shape index (κ2) is 6.30. The molecule has 2 aromatic rings. The fourth-order valence-corrected chi connectivity index (χ4v) is 3.89. The number of carbonyl (C=O) groups is 1. The van der Waals surface area contributed by atoms with Gasteiger partial charge in [-0.15, -0.1) is 0 Å². The number of hydrogen-bond acceptors (Lipinski definition) is 3. The molecule has 2 heterocycles. The van der Waals surface area contributed by atoms with Gasteiger partial charge in [0.1, 0.15) is 0 Å². The molecule has 126 valence electrons. The lowest BCUT2D eigenvalue weighted by Crippen LogP contribution is -2.29. The van der Waals surface area contributed by atoms with Crippen LogP contribution in [0.15, 0.2) is 24.3 Å². The molecule has 0 bridgehead atoms. The van der Waals surface area contributed by atoms with Crippen molar-refractivity contribution in [1.29, 1.82) is 0 Å². The maximum atomic E-state index is 12.6. The minimum absolute atomic E-state index is 0.0977. The number of aromatic nitrogens is 2. The average Bonchev–Trinajstić information content (AvgIpc) is 3.21. The van der Waals surface area contributed by atoms with Crippen molar-refractivity contribution in [2.45, 2.75) is 38.5 Å². The number of anilines is 2. The second-order valence-electron chi connectivity index (χ2n) is 6.80. The van der Waals surface area contributed by atoms with Gasteiger partial charge in [-0.2, -0.15) is 5.10 Å². The monoisotopic (exact) mass is 324 g/mol. The number of rotatable bonds is 3. The molecule has 2 aliphatic rings. The molecule has 1 saturated heterocycles. The van der Waals surface area contributed by atoms with Crippen LogP contribution in [-0.4, -0.2) is 28.8 Å². The van der Waals surface area contributed by atoms with Gasteiger partial charge in [0.2, 0.25) is 0 Å². The smallest absolute Gasteiger partial charge is 0.276 e. The highest BCUT2D eigenvalue weighted by molar-refractivity contribution is 6.04. The van der Waals surface area contributed by atoms with Gasteiger partial charge in [0.15, 0.2) is 5.69 Å². The van der Waals surface area contributed by atoms with Gasteiger partial charge in [0.05, 0.1) is 0 Å². The van der Waals surface area contributed by atoms with Gasteiger partial charge in [-0.05, 0) is 62.8 Å². The van der Waals surface area contributed by atoms with Crippen molar-refractivity contribution >= 4 is 17.3 Å². The molecule has 1 aliphatic heterocycles. The van der Waals surface area contributed by atoms with Crippen LogP contribution in [0.1, 0.15) is 47.4 Å². The van der Waals surface area contributed by atoms with E-state index in [1.165, 1.54) is 30.6 Å². The first-order valence-corrected chi connectivity index (χ1v) is 8.93. The number of amides is 1. The molecule has 24 heavy (non-hydrogen) atoms. The Balaban J connectivity index is 1.47. The molecular weight excluding hydrogens is 300 g/mol. The number of piperidine rings is 1. The van der Waals surface area contributed by atoms with Gasteiger partial charge >= 0.3 is 0 Å². The molecule has 1 aromatic carbocycles. The first kappa shape index (κ1) is 15.2. The van der Waals surface area contributed by atoms with E-state index in [0.29, 0.717) is 5.69 Å². The Morgan fingerprint density at radius 1 is 1.04 bits per heavy atom. The van der Waals surface area contributed by atoms with Crippen LogP contribution in [0.4, 0.5) is 11.4 Å². The molecule has 1 aromatic heterocycles. The topological polar surface area (TPSA) is 50.2 Å². The summed E-state index contributed by atoms with van der Waals surface area (Å²) in [7, 11) is 1.92. The highest BCUT2D eigenvalue weighted by Crippen LogP contribution is 2.26. The van der Waals surface area contributed by atoms with Crippen LogP contribution in [0.5, 0.6) is 0 Å². The lowest BCUT2D eigenvalue weighted by Gasteiger charge is -2.28. The normalized spacial score (nSPS) is 17.0. The van der Waals surface area contributed by atoms with Crippen LogP contribution in [0.25, 0.3) is 0 Å². The molecule has 4 rings (SSSR count). The lowest BCUT2D eigenvalue weighted by atomic mass is 10.1. The zero-order valence-corrected chi connectivity index (χ0v) is 14.2. The largest absolute Gasteiger partial charge is 0.372 e. The summed E-state index contributed by atoms with van der Waals surface area (Å²) in [5.41, 5.74) is 5.00. The number of fused-ring (bicyclic) bond motifs is 1. The molecule has 0 spiro atoms. The van der Waals surface area contributed by atoms with Crippen molar-refractivity contribution in [3.8, 4) is 0 Å². The van der Waals surface area contributed by atoms with Crippen molar-refractivity contribution in [2.24, 2.45) is 7.05 Å². The Hall–Kier alpha value is -2.30. The Kier molecular flexibility index (Phi) is 4.00. The molecule has 5 nitrogen and oxygen atoms in total. The van der Waals surface area contributed by atoms with Crippen LogP contribution in [0, 0.1) is 0 Å². The SMILES string of the molecule is Cn1nc(C(=O)Nc2ccc(N3CCCCC3)cc2)c2c1CCC2. The van der Waals surface area contributed by atoms with E-state index >= 15 is 0 Å². The second-order valence-corrected chi connectivity index (χ2v) is 6.80. The van der Waals surface area contributed by atoms with Crippen LogP contribution in [0.2, 0.25) is 0 Å². The third-order valence-corrected chi connectivity index (χ3v) is 5.18. The fourth-order valence-electron chi connectivity index (χ4n) is 3.89. The van der Waals surface area contributed by atoms with Gasteiger partial charge in [0.25, 0.3) is 5.91 Å². The lowest BCUT2D eigenvalue weighted by molar-refractivity contribution is 0.102. The Morgan fingerprint density at radius 2 is 1.79 bits per heavy atom. The van der Waals surface area contributed by atoms with E-state index in [4.69, 9.17) is 0 Å². The molecule has 0 unspecified atom stereocenters. The molecule has 0 atom stereocenters. The van der Waals surface area contributed by atoms with Crippen LogP contribution in [0.3, 0.4) is 0 Å². The number of carbonyl (C=O) groups excluding carboxylic acids is 1. The maximum Gasteiger partial charge on any atom is 0.276 e. The van der Waals surface area contributed by atoms with Crippen molar-refractivity contribution in [3.05, 3.63) is 41.2 Å². The molecule has 1 aliphatic carbocycles. The van der Waals surface area contributed by atoms with E-state index in [2.05, 4.69) is 27.4 Å². The Bertz CT molecular complexity index is 741.